The second kappa shape index (κ2) is 3.82. The average molecular weight is 260 g/mol. The van der Waals surface area contributed by atoms with E-state index >= 15 is 0 Å². The molecule has 2 N–H and O–H groups in total. The summed E-state index contributed by atoms with van der Waals surface area (Å²) in [6.07, 6.45) is -5.37. The Bertz CT molecular complexity index is 643. The molecule has 18 heavy (non-hydrogen) atoms. The first-order valence-electron chi connectivity index (χ1n) is 4.78. The number of fused-ring (bicyclic) bond motifs is 1. The van der Waals surface area contributed by atoms with E-state index in [-0.39, 0.29) is 11.0 Å². The molecule has 0 aliphatic heterocycles. The van der Waals surface area contributed by atoms with E-state index in [4.69, 9.17) is 14.6 Å². The average Bonchev–Trinajstić information content (AvgIpc) is 2.27. The number of hydrogen-bond donors (Lipinski definition) is 2. The molecule has 0 fully saturated rings. The molecule has 4 nitrogen and oxygen atoms in total. The summed E-state index contributed by atoms with van der Waals surface area (Å²) in [5.74, 6) is -5.46. The fourth-order valence-corrected chi connectivity index (χ4v) is 1.42. The number of aliphatic hydroxyl groups is 2. The number of halogens is 3. The van der Waals surface area contributed by atoms with E-state index in [1.165, 1.54) is 24.3 Å². The van der Waals surface area contributed by atoms with Gasteiger partial charge in [-0.1, -0.05) is 12.1 Å². The van der Waals surface area contributed by atoms with Gasteiger partial charge in [0.2, 0.25) is 0 Å². The molecule has 96 valence electrons. The van der Waals surface area contributed by atoms with Gasteiger partial charge >= 0.3 is 12.0 Å². The van der Waals surface area contributed by atoms with Gasteiger partial charge in [-0.05, 0) is 12.1 Å². The largest absolute Gasteiger partial charge is 0.455 e. The van der Waals surface area contributed by atoms with Crippen LogP contribution >= 0.6 is 0 Å². The summed E-state index contributed by atoms with van der Waals surface area (Å²) >= 11 is 0. The summed E-state index contributed by atoms with van der Waals surface area (Å²) in [4.78, 5) is 11.5. The zero-order valence-corrected chi connectivity index (χ0v) is 8.73. The topological polar surface area (TPSA) is 70.7 Å². The lowest BCUT2D eigenvalue weighted by molar-refractivity contribution is -0.364. The van der Waals surface area contributed by atoms with Crippen LogP contribution in [0.4, 0.5) is 13.2 Å². The standard InChI is InChI=1S/C11H7F3O4/c12-11(13,14)10(16,17)9-5-7(15)6-3-1-2-4-8(6)18-9/h1-5,16-17H. The van der Waals surface area contributed by atoms with E-state index in [1.54, 1.807) is 0 Å². The monoisotopic (exact) mass is 260 g/mol. The third-order valence-corrected chi connectivity index (χ3v) is 2.37. The van der Waals surface area contributed by atoms with Crippen LogP contribution in [0.15, 0.2) is 39.5 Å². The van der Waals surface area contributed by atoms with E-state index < -0.39 is 23.2 Å². The lowest BCUT2D eigenvalue weighted by Gasteiger charge is -2.23. The Hall–Kier alpha value is -1.86. The molecular formula is C11H7F3O4. The van der Waals surface area contributed by atoms with Gasteiger partial charge in [0.05, 0.1) is 5.39 Å². The first kappa shape index (κ1) is 12.6. The molecule has 0 aliphatic carbocycles. The quantitative estimate of drug-likeness (QED) is 0.762. The first-order valence-corrected chi connectivity index (χ1v) is 4.78. The van der Waals surface area contributed by atoms with Crippen molar-refractivity contribution in [2.45, 2.75) is 12.0 Å². The van der Waals surface area contributed by atoms with Crippen LogP contribution in [0, 0.1) is 0 Å². The van der Waals surface area contributed by atoms with Gasteiger partial charge in [0, 0.05) is 6.07 Å². The Morgan fingerprint density at radius 1 is 1.11 bits per heavy atom. The summed E-state index contributed by atoms with van der Waals surface area (Å²) < 4.78 is 41.9. The number of alkyl halides is 3. The zero-order chi connectivity index (χ0) is 13.6. The van der Waals surface area contributed by atoms with Gasteiger partial charge in [-0.15, -0.1) is 0 Å². The lowest BCUT2D eigenvalue weighted by Crippen LogP contribution is -2.42. The summed E-state index contributed by atoms with van der Waals surface area (Å²) in [7, 11) is 0. The van der Waals surface area contributed by atoms with E-state index in [2.05, 4.69) is 0 Å². The minimum Gasteiger partial charge on any atom is -0.455 e. The van der Waals surface area contributed by atoms with Gasteiger partial charge < -0.3 is 14.6 Å². The molecule has 0 atom stereocenters. The zero-order valence-electron chi connectivity index (χ0n) is 8.73. The van der Waals surface area contributed by atoms with Gasteiger partial charge in [0.15, 0.2) is 11.2 Å². The van der Waals surface area contributed by atoms with Crippen molar-refractivity contribution in [3.05, 3.63) is 46.3 Å². The maximum absolute atomic E-state index is 12.4. The van der Waals surface area contributed by atoms with Crippen molar-refractivity contribution in [1.29, 1.82) is 0 Å². The molecule has 2 aromatic rings. The van der Waals surface area contributed by atoms with E-state index in [1.807, 2.05) is 0 Å². The minimum atomic E-state index is -5.37. The van der Waals surface area contributed by atoms with Crippen LogP contribution in [0.2, 0.25) is 0 Å². The Balaban J connectivity index is 2.71. The molecule has 2 rings (SSSR count). The van der Waals surface area contributed by atoms with E-state index in [9.17, 15) is 18.0 Å². The molecular weight excluding hydrogens is 253 g/mol. The van der Waals surface area contributed by atoms with E-state index in [0.717, 1.165) is 0 Å². The van der Waals surface area contributed by atoms with Crippen molar-refractivity contribution >= 4 is 11.0 Å². The number of benzene rings is 1. The van der Waals surface area contributed by atoms with Crippen molar-refractivity contribution in [2.75, 3.05) is 0 Å². The fourth-order valence-electron chi connectivity index (χ4n) is 1.42. The van der Waals surface area contributed by atoms with Crippen molar-refractivity contribution < 1.29 is 27.8 Å². The summed E-state index contributed by atoms with van der Waals surface area (Å²) in [6, 6.07) is 5.98. The van der Waals surface area contributed by atoms with Crippen LogP contribution in [-0.2, 0) is 5.79 Å². The van der Waals surface area contributed by atoms with Crippen molar-refractivity contribution in [1.82, 2.24) is 0 Å². The van der Waals surface area contributed by atoms with Gasteiger partial charge in [0.25, 0.3) is 0 Å². The van der Waals surface area contributed by atoms with Crippen LogP contribution < -0.4 is 5.43 Å². The van der Waals surface area contributed by atoms with Crippen LogP contribution in [0.1, 0.15) is 5.76 Å². The number of para-hydroxylation sites is 1. The Labute approximate surface area is 97.9 Å². The molecule has 0 aliphatic rings. The predicted octanol–water partition coefficient (Wildman–Crippen LogP) is 1.49. The molecule has 7 heteroatoms. The second-order valence-electron chi connectivity index (χ2n) is 3.64. The number of hydrogen-bond acceptors (Lipinski definition) is 4. The minimum absolute atomic E-state index is 0.0548. The van der Waals surface area contributed by atoms with Gasteiger partial charge in [-0.25, -0.2) is 0 Å². The van der Waals surface area contributed by atoms with Crippen LogP contribution in [-0.4, -0.2) is 16.4 Å². The highest BCUT2D eigenvalue weighted by molar-refractivity contribution is 5.76. The van der Waals surface area contributed by atoms with Crippen LogP contribution in [0.3, 0.4) is 0 Å². The van der Waals surface area contributed by atoms with Gasteiger partial charge in [-0.3, -0.25) is 4.79 Å². The maximum atomic E-state index is 12.4. The van der Waals surface area contributed by atoms with Crippen molar-refractivity contribution in [3.8, 4) is 0 Å². The Morgan fingerprint density at radius 2 is 1.72 bits per heavy atom. The Kier molecular flexibility index (Phi) is 2.67. The molecule has 0 bridgehead atoms. The van der Waals surface area contributed by atoms with Gasteiger partial charge in [0.1, 0.15) is 5.58 Å². The molecule has 1 aromatic carbocycles. The Morgan fingerprint density at radius 3 is 2.33 bits per heavy atom. The molecule has 1 heterocycles. The molecule has 0 saturated heterocycles. The molecule has 0 saturated carbocycles. The van der Waals surface area contributed by atoms with E-state index in [0.29, 0.717) is 6.07 Å². The maximum Gasteiger partial charge on any atom is 0.451 e. The summed E-state index contributed by atoms with van der Waals surface area (Å²) in [6.45, 7) is 0. The third-order valence-electron chi connectivity index (χ3n) is 2.37. The molecule has 0 radical (unpaired) electrons. The molecule has 1 aromatic heterocycles. The molecule has 0 unspecified atom stereocenters. The highest BCUT2D eigenvalue weighted by Gasteiger charge is 2.56. The van der Waals surface area contributed by atoms with Gasteiger partial charge in [-0.2, -0.15) is 13.2 Å². The van der Waals surface area contributed by atoms with Crippen molar-refractivity contribution in [2.24, 2.45) is 0 Å². The molecule has 0 amide bonds. The highest BCUT2D eigenvalue weighted by Crippen LogP contribution is 2.36. The SMILES string of the molecule is O=c1cc(C(O)(O)C(F)(F)F)oc2ccccc12. The third kappa shape index (κ3) is 1.87. The smallest absolute Gasteiger partial charge is 0.451 e. The highest BCUT2D eigenvalue weighted by atomic mass is 19.4. The predicted molar refractivity (Wildman–Crippen MR) is 54.7 cm³/mol. The lowest BCUT2D eigenvalue weighted by atomic mass is 10.1. The van der Waals surface area contributed by atoms with Crippen molar-refractivity contribution in [3.63, 3.8) is 0 Å². The normalized spacial score (nSPS) is 12.9. The summed E-state index contributed by atoms with van der Waals surface area (Å²) in [5.41, 5.74) is -0.944. The fraction of sp³-hybridized carbons (Fsp3) is 0.182. The van der Waals surface area contributed by atoms with Crippen LogP contribution in [0.25, 0.3) is 11.0 Å². The summed E-state index contributed by atoms with van der Waals surface area (Å²) in [5, 5.41) is 18.1. The second-order valence-corrected chi connectivity index (χ2v) is 3.64. The molecule has 0 spiro atoms. The first-order chi connectivity index (χ1) is 8.23. The van der Waals surface area contributed by atoms with Crippen LogP contribution in [0.5, 0.6) is 0 Å². The number of rotatable bonds is 1.